The lowest BCUT2D eigenvalue weighted by Crippen LogP contribution is -2.19. The van der Waals surface area contributed by atoms with E-state index in [1.165, 1.54) is 0 Å². The standard InChI is InChI=1S/C12H8F7N3OS.C12H7F6N3O2S/c13-4-7-1-2-8(3-9(7)24(23)5-11(14,15)16)22-6-20-10(21-22)12(17,18)19;13-11(14,15)5-24(23)9-3-8(2-1-7(9)4-22)21-6-19-10(20-21)12(16,17)18/h1-3,6H,4-5H2;1-4,6H,5H2. The molecule has 0 aliphatic carbocycles. The molecular weight excluding hydrogens is 731 g/mol. The van der Waals surface area contributed by atoms with Crippen molar-refractivity contribution in [3.63, 3.8) is 0 Å². The average Bonchev–Trinajstić information content (AvgIpc) is 3.66. The van der Waals surface area contributed by atoms with E-state index in [2.05, 4.69) is 20.2 Å². The lowest BCUT2D eigenvalue weighted by molar-refractivity contribution is -0.145. The Morgan fingerprint density at radius 3 is 1.44 bits per heavy atom. The van der Waals surface area contributed by atoms with Crippen molar-refractivity contribution in [1.29, 1.82) is 0 Å². The van der Waals surface area contributed by atoms with Crippen LogP contribution < -0.4 is 0 Å². The normalized spacial score (nSPS) is 13.9. The van der Waals surface area contributed by atoms with Gasteiger partial charge in [0.05, 0.1) is 37.9 Å². The summed E-state index contributed by atoms with van der Waals surface area (Å²) in [4.78, 5) is 16.0. The second kappa shape index (κ2) is 14.5. The molecule has 2 aromatic heterocycles. The zero-order chi connectivity index (χ0) is 36.2. The zero-order valence-electron chi connectivity index (χ0n) is 23.0. The van der Waals surface area contributed by atoms with Crippen molar-refractivity contribution >= 4 is 27.9 Å². The topological polar surface area (TPSA) is 113 Å². The third kappa shape index (κ3) is 10.4. The molecule has 24 heteroatoms. The van der Waals surface area contributed by atoms with Crippen LogP contribution in [0.5, 0.6) is 0 Å². The number of carbonyl (C=O) groups excluding carboxylic acids is 1. The maximum atomic E-state index is 12.9. The van der Waals surface area contributed by atoms with Crippen LogP contribution in [0.1, 0.15) is 27.6 Å². The van der Waals surface area contributed by atoms with Crippen molar-refractivity contribution in [2.75, 3.05) is 11.5 Å². The predicted octanol–water partition coefficient (Wildman–Crippen LogP) is 6.19. The lowest BCUT2D eigenvalue weighted by Gasteiger charge is -2.11. The summed E-state index contributed by atoms with van der Waals surface area (Å²) in [5, 5.41) is 6.30. The molecule has 2 heterocycles. The van der Waals surface area contributed by atoms with Crippen molar-refractivity contribution in [1.82, 2.24) is 29.5 Å². The Morgan fingerprint density at radius 1 is 0.646 bits per heavy atom. The highest BCUT2D eigenvalue weighted by molar-refractivity contribution is 7.85. The van der Waals surface area contributed by atoms with Gasteiger partial charge in [0.15, 0.2) is 6.29 Å². The summed E-state index contributed by atoms with van der Waals surface area (Å²) in [6.45, 7) is -1.18. The number of aldehydes is 1. The van der Waals surface area contributed by atoms with E-state index in [0.717, 1.165) is 36.4 Å². The second-order valence-corrected chi connectivity index (χ2v) is 11.8. The zero-order valence-corrected chi connectivity index (χ0v) is 24.6. The van der Waals surface area contributed by atoms with E-state index in [4.69, 9.17) is 0 Å². The molecule has 0 saturated heterocycles. The molecule has 0 bridgehead atoms. The highest BCUT2D eigenvalue weighted by atomic mass is 32.2. The SMILES string of the molecule is O=Cc1ccc(-n2cnc(C(F)(F)F)n2)cc1S(=O)CC(F)(F)F.O=S(CC(F)(F)F)c1cc(-n2cnc(C(F)(F)F)n2)ccc1CF. The fourth-order valence-corrected chi connectivity index (χ4v) is 5.66. The van der Waals surface area contributed by atoms with Gasteiger partial charge < -0.3 is 0 Å². The summed E-state index contributed by atoms with van der Waals surface area (Å²) in [5.74, 6) is -6.29. The highest BCUT2D eigenvalue weighted by Crippen LogP contribution is 2.29. The van der Waals surface area contributed by atoms with Gasteiger partial charge in [-0.25, -0.2) is 23.7 Å². The summed E-state index contributed by atoms with van der Waals surface area (Å²) in [6.07, 6.45) is -17.5. The smallest absolute Gasteiger partial charge is 0.298 e. The Kier molecular flexibility index (Phi) is 11.5. The van der Waals surface area contributed by atoms with Gasteiger partial charge in [0, 0.05) is 10.5 Å². The van der Waals surface area contributed by atoms with Crippen LogP contribution in [0.25, 0.3) is 11.4 Å². The molecule has 262 valence electrons. The van der Waals surface area contributed by atoms with Crippen LogP contribution in [-0.2, 0) is 40.6 Å². The van der Waals surface area contributed by atoms with E-state index in [0.29, 0.717) is 22.0 Å². The van der Waals surface area contributed by atoms with E-state index in [-0.39, 0.29) is 28.8 Å². The van der Waals surface area contributed by atoms with Gasteiger partial charge in [0.25, 0.3) is 11.6 Å². The van der Waals surface area contributed by atoms with Gasteiger partial charge in [0.1, 0.15) is 30.8 Å². The molecule has 48 heavy (non-hydrogen) atoms. The van der Waals surface area contributed by atoms with E-state index < -0.39 is 85.9 Å². The monoisotopic (exact) mass is 746 g/mol. The minimum Gasteiger partial charge on any atom is -0.298 e. The number of alkyl halides is 13. The largest absolute Gasteiger partial charge is 0.453 e. The minimum absolute atomic E-state index is 0.117. The molecule has 2 atom stereocenters. The van der Waals surface area contributed by atoms with Crippen LogP contribution in [0.2, 0.25) is 0 Å². The van der Waals surface area contributed by atoms with E-state index in [1.807, 2.05) is 0 Å². The second-order valence-electron chi connectivity index (χ2n) is 9.00. The Hall–Kier alpha value is -4.22. The summed E-state index contributed by atoms with van der Waals surface area (Å²) >= 11 is 0. The van der Waals surface area contributed by atoms with Crippen molar-refractivity contribution in [3.05, 3.63) is 71.8 Å². The quantitative estimate of drug-likeness (QED) is 0.156. The van der Waals surface area contributed by atoms with E-state index in [1.54, 1.807) is 0 Å². The Balaban J connectivity index is 0.000000260. The Morgan fingerprint density at radius 2 is 1.06 bits per heavy atom. The van der Waals surface area contributed by atoms with Crippen molar-refractivity contribution < 1.29 is 70.3 Å². The number of aromatic nitrogens is 6. The van der Waals surface area contributed by atoms with Gasteiger partial charge in [-0.05, 0) is 35.9 Å². The van der Waals surface area contributed by atoms with E-state index in [9.17, 15) is 70.3 Å². The molecule has 0 radical (unpaired) electrons. The van der Waals surface area contributed by atoms with Gasteiger partial charge >= 0.3 is 24.7 Å². The number of benzene rings is 2. The predicted molar refractivity (Wildman–Crippen MR) is 138 cm³/mol. The molecule has 2 aromatic carbocycles. The molecule has 0 spiro atoms. The van der Waals surface area contributed by atoms with Gasteiger partial charge in [-0.15, -0.1) is 10.2 Å². The maximum absolute atomic E-state index is 12.9. The summed E-state index contributed by atoms with van der Waals surface area (Å²) in [5.41, 5.74) is -0.759. The number of nitrogens with zero attached hydrogens (tertiary/aromatic N) is 6. The third-order valence-corrected chi connectivity index (χ3v) is 8.31. The van der Waals surface area contributed by atoms with Gasteiger partial charge in [-0.3, -0.25) is 13.2 Å². The molecule has 4 aromatic rings. The molecule has 9 nitrogen and oxygen atoms in total. The first-order valence-electron chi connectivity index (χ1n) is 12.2. The van der Waals surface area contributed by atoms with Gasteiger partial charge in [-0.1, -0.05) is 6.07 Å². The van der Waals surface area contributed by atoms with Crippen LogP contribution in [0, 0.1) is 0 Å². The van der Waals surface area contributed by atoms with Crippen molar-refractivity contribution in [3.8, 4) is 11.4 Å². The van der Waals surface area contributed by atoms with Crippen LogP contribution >= 0.6 is 0 Å². The number of rotatable bonds is 8. The third-order valence-electron chi connectivity index (χ3n) is 5.42. The first kappa shape index (κ1) is 38.2. The molecule has 0 amide bonds. The first-order valence-corrected chi connectivity index (χ1v) is 14.8. The number of halogens is 13. The van der Waals surface area contributed by atoms with E-state index >= 15 is 0 Å². The summed E-state index contributed by atoms with van der Waals surface area (Å²) in [7, 11) is -5.21. The Bertz CT molecular complexity index is 1800. The first-order chi connectivity index (χ1) is 22.0. The summed E-state index contributed by atoms with van der Waals surface area (Å²) in [6, 6.07) is 6.16. The van der Waals surface area contributed by atoms with Gasteiger partial charge in [-0.2, -0.15) is 52.7 Å². The molecular formula is C24H15F13N6O3S2. The minimum atomic E-state index is -4.80. The maximum Gasteiger partial charge on any atom is 0.453 e. The van der Waals surface area contributed by atoms with Crippen LogP contribution in [0.4, 0.5) is 57.1 Å². The summed E-state index contributed by atoms with van der Waals surface area (Å²) < 4.78 is 187. The molecule has 0 N–H and O–H groups in total. The molecule has 0 aliphatic heterocycles. The fraction of sp³-hybridized carbons (Fsp3) is 0.292. The van der Waals surface area contributed by atoms with Crippen molar-refractivity contribution in [2.45, 2.75) is 41.2 Å². The average molecular weight is 747 g/mol. The lowest BCUT2D eigenvalue weighted by atomic mass is 10.2. The molecule has 2 unspecified atom stereocenters. The number of hydrogen-bond donors (Lipinski definition) is 0. The molecule has 0 aliphatic rings. The Labute approximate surface area is 263 Å². The highest BCUT2D eigenvalue weighted by Gasteiger charge is 2.37. The molecule has 0 fully saturated rings. The van der Waals surface area contributed by atoms with Crippen LogP contribution in [0.15, 0.2) is 58.8 Å². The molecule has 4 rings (SSSR count). The van der Waals surface area contributed by atoms with Crippen LogP contribution in [-0.4, -0.2) is 68.1 Å². The number of carbonyl (C=O) groups is 1. The van der Waals surface area contributed by atoms with Gasteiger partial charge in [0.2, 0.25) is 0 Å². The molecule has 0 saturated carbocycles. The number of hydrogen-bond acceptors (Lipinski definition) is 7. The fourth-order valence-electron chi connectivity index (χ4n) is 3.46. The van der Waals surface area contributed by atoms with Crippen molar-refractivity contribution in [2.24, 2.45) is 0 Å². The van der Waals surface area contributed by atoms with Crippen LogP contribution in [0.3, 0.4) is 0 Å².